The van der Waals surface area contributed by atoms with Crippen LogP contribution in [0.4, 0.5) is 4.39 Å². The quantitative estimate of drug-likeness (QED) is 0.788. The van der Waals surface area contributed by atoms with E-state index in [0.29, 0.717) is 32.6 Å². The number of nitrogens with one attached hydrogen (secondary N) is 2. The summed E-state index contributed by atoms with van der Waals surface area (Å²) in [6.45, 7) is 3.12. The first-order valence-corrected chi connectivity index (χ1v) is 7.19. The minimum Gasteiger partial charge on any atom is -0.347 e. The van der Waals surface area contributed by atoms with Crippen LogP contribution in [0.1, 0.15) is 12.0 Å². The molecule has 6 heteroatoms. The second-order valence-electron chi connectivity index (χ2n) is 5.03. The topological polar surface area (TPSA) is 61.4 Å². The lowest BCUT2D eigenvalue weighted by Gasteiger charge is -2.19. The third kappa shape index (κ3) is 4.82. The van der Waals surface area contributed by atoms with E-state index in [4.69, 9.17) is 0 Å². The van der Waals surface area contributed by atoms with Crippen molar-refractivity contribution in [3.05, 3.63) is 35.6 Å². The molecule has 0 radical (unpaired) electrons. The molecular weight excluding hydrogens is 273 g/mol. The van der Waals surface area contributed by atoms with Crippen molar-refractivity contribution < 1.29 is 14.0 Å². The lowest BCUT2D eigenvalue weighted by Crippen LogP contribution is -2.44. The molecule has 1 fully saturated rings. The molecule has 2 rings (SSSR count). The Kier molecular flexibility index (Phi) is 5.68. The van der Waals surface area contributed by atoms with E-state index in [1.165, 1.54) is 12.1 Å². The van der Waals surface area contributed by atoms with Gasteiger partial charge in [-0.05, 0) is 37.1 Å². The third-order valence-electron chi connectivity index (χ3n) is 3.43. The minimum absolute atomic E-state index is 0.285. The van der Waals surface area contributed by atoms with Gasteiger partial charge in [0.05, 0.1) is 0 Å². The van der Waals surface area contributed by atoms with E-state index in [1.54, 1.807) is 17.0 Å². The molecule has 1 aliphatic heterocycles. The van der Waals surface area contributed by atoms with Gasteiger partial charge in [-0.15, -0.1) is 0 Å². The van der Waals surface area contributed by atoms with Gasteiger partial charge in [-0.2, -0.15) is 0 Å². The van der Waals surface area contributed by atoms with E-state index in [1.807, 2.05) is 0 Å². The number of carbonyl (C=O) groups is 2. The summed E-state index contributed by atoms with van der Waals surface area (Å²) in [5.41, 5.74) is 0.920. The van der Waals surface area contributed by atoms with E-state index in [2.05, 4.69) is 10.6 Å². The number of nitrogens with zero attached hydrogens (tertiary/aromatic N) is 1. The Morgan fingerprint density at radius 1 is 1.19 bits per heavy atom. The van der Waals surface area contributed by atoms with Crippen LogP contribution in [0, 0.1) is 5.82 Å². The number of hydrogen-bond donors (Lipinski definition) is 2. The van der Waals surface area contributed by atoms with Crippen molar-refractivity contribution >= 4 is 11.8 Å². The predicted molar refractivity (Wildman–Crippen MR) is 77.2 cm³/mol. The summed E-state index contributed by atoms with van der Waals surface area (Å²) in [5, 5.41) is 5.80. The Morgan fingerprint density at radius 2 is 1.95 bits per heavy atom. The molecule has 0 bridgehead atoms. The fourth-order valence-electron chi connectivity index (χ4n) is 2.24. The minimum atomic E-state index is -0.570. The molecule has 1 aliphatic rings. The summed E-state index contributed by atoms with van der Waals surface area (Å²) < 4.78 is 12.8. The maximum absolute atomic E-state index is 12.8. The van der Waals surface area contributed by atoms with Crippen LogP contribution in [0.2, 0.25) is 0 Å². The van der Waals surface area contributed by atoms with Crippen LogP contribution in [0.3, 0.4) is 0 Å². The second-order valence-corrected chi connectivity index (χ2v) is 5.03. The molecule has 0 unspecified atom stereocenters. The molecule has 0 aromatic heterocycles. The molecule has 0 saturated carbocycles. The van der Waals surface area contributed by atoms with Gasteiger partial charge in [0.25, 0.3) is 0 Å². The van der Waals surface area contributed by atoms with Crippen LogP contribution >= 0.6 is 0 Å². The smallest absolute Gasteiger partial charge is 0.311 e. The summed E-state index contributed by atoms with van der Waals surface area (Å²) >= 11 is 0. The zero-order chi connectivity index (χ0) is 15.1. The number of hydrogen-bond acceptors (Lipinski definition) is 3. The molecule has 1 saturated heterocycles. The normalized spacial score (nSPS) is 15.4. The molecule has 0 atom stereocenters. The predicted octanol–water partition coefficient (Wildman–Crippen LogP) is 0.306. The van der Waals surface area contributed by atoms with Gasteiger partial charge < -0.3 is 15.5 Å². The van der Waals surface area contributed by atoms with Gasteiger partial charge in [0.2, 0.25) is 0 Å². The molecule has 0 aliphatic carbocycles. The first-order valence-electron chi connectivity index (χ1n) is 7.19. The Bertz CT molecular complexity index is 482. The van der Waals surface area contributed by atoms with Crippen molar-refractivity contribution in [3.63, 3.8) is 0 Å². The van der Waals surface area contributed by atoms with Crippen molar-refractivity contribution in [1.82, 2.24) is 15.5 Å². The molecule has 21 heavy (non-hydrogen) atoms. The molecule has 2 amide bonds. The maximum atomic E-state index is 12.8. The third-order valence-corrected chi connectivity index (χ3v) is 3.43. The van der Waals surface area contributed by atoms with E-state index < -0.39 is 11.8 Å². The number of rotatable bonds is 3. The highest BCUT2D eigenvalue weighted by Gasteiger charge is 2.21. The Hall–Kier alpha value is -1.95. The van der Waals surface area contributed by atoms with Crippen molar-refractivity contribution in [2.24, 2.45) is 0 Å². The van der Waals surface area contributed by atoms with Crippen LogP contribution < -0.4 is 10.6 Å². The lowest BCUT2D eigenvalue weighted by molar-refractivity contribution is -0.145. The second kappa shape index (κ2) is 7.73. The van der Waals surface area contributed by atoms with Gasteiger partial charge in [-0.3, -0.25) is 9.59 Å². The van der Waals surface area contributed by atoms with Crippen LogP contribution in [-0.2, 0) is 16.0 Å². The van der Waals surface area contributed by atoms with E-state index in [0.717, 1.165) is 18.5 Å². The molecule has 1 aromatic carbocycles. The lowest BCUT2D eigenvalue weighted by atomic mass is 10.1. The average Bonchev–Trinajstić information content (AvgIpc) is 2.77. The highest BCUT2D eigenvalue weighted by atomic mass is 19.1. The van der Waals surface area contributed by atoms with Gasteiger partial charge in [-0.1, -0.05) is 12.1 Å². The average molecular weight is 293 g/mol. The van der Waals surface area contributed by atoms with Crippen LogP contribution in [0.5, 0.6) is 0 Å². The van der Waals surface area contributed by atoms with E-state index in [9.17, 15) is 14.0 Å². The molecule has 5 nitrogen and oxygen atoms in total. The van der Waals surface area contributed by atoms with Gasteiger partial charge in [0.1, 0.15) is 5.82 Å². The molecule has 0 spiro atoms. The summed E-state index contributed by atoms with van der Waals surface area (Å²) in [7, 11) is 0. The van der Waals surface area contributed by atoms with Crippen molar-refractivity contribution in [2.45, 2.75) is 12.8 Å². The SMILES string of the molecule is O=C(NCCc1ccc(F)cc1)C(=O)N1CCCNCC1. The summed E-state index contributed by atoms with van der Waals surface area (Å²) in [6.07, 6.45) is 1.43. The first-order chi connectivity index (χ1) is 10.2. The Balaban J connectivity index is 1.75. The van der Waals surface area contributed by atoms with Gasteiger partial charge in [0.15, 0.2) is 0 Å². The largest absolute Gasteiger partial charge is 0.347 e. The number of amides is 2. The molecule has 2 N–H and O–H groups in total. The number of halogens is 1. The zero-order valence-electron chi connectivity index (χ0n) is 11.9. The maximum Gasteiger partial charge on any atom is 0.311 e. The number of carbonyl (C=O) groups excluding carboxylic acids is 2. The number of benzene rings is 1. The van der Waals surface area contributed by atoms with Crippen molar-refractivity contribution in [1.29, 1.82) is 0 Å². The van der Waals surface area contributed by atoms with Crippen LogP contribution in [0.25, 0.3) is 0 Å². The molecular formula is C15H20FN3O2. The highest BCUT2D eigenvalue weighted by Crippen LogP contribution is 2.03. The summed E-state index contributed by atoms with van der Waals surface area (Å²) in [5.74, 6) is -1.33. The standard InChI is InChI=1S/C15H20FN3O2/c16-13-4-2-12(3-5-13)6-8-18-14(20)15(21)19-10-1-7-17-9-11-19/h2-5,17H,1,6-11H2,(H,18,20). The van der Waals surface area contributed by atoms with Crippen molar-refractivity contribution in [3.8, 4) is 0 Å². The highest BCUT2D eigenvalue weighted by molar-refractivity contribution is 6.35. The van der Waals surface area contributed by atoms with Gasteiger partial charge >= 0.3 is 11.8 Å². The fourth-order valence-corrected chi connectivity index (χ4v) is 2.24. The van der Waals surface area contributed by atoms with Gasteiger partial charge in [-0.25, -0.2) is 4.39 Å². The van der Waals surface area contributed by atoms with Crippen LogP contribution in [0.15, 0.2) is 24.3 Å². The first kappa shape index (κ1) is 15.4. The summed E-state index contributed by atoms with van der Waals surface area (Å²) in [6, 6.07) is 6.10. The zero-order valence-corrected chi connectivity index (χ0v) is 11.9. The Morgan fingerprint density at radius 3 is 2.71 bits per heavy atom. The van der Waals surface area contributed by atoms with E-state index >= 15 is 0 Å². The summed E-state index contributed by atoms with van der Waals surface area (Å²) in [4.78, 5) is 25.4. The fraction of sp³-hybridized carbons (Fsp3) is 0.467. The molecule has 1 heterocycles. The monoisotopic (exact) mass is 293 g/mol. The van der Waals surface area contributed by atoms with Crippen molar-refractivity contribution in [2.75, 3.05) is 32.7 Å². The molecule has 114 valence electrons. The Labute approximate surface area is 123 Å². The molecule has 1 aromatic rings. The van der Waals surface area contributed by atoms with Crippen LogP contribution in [-0.4, -0.2) is 49.4 Å². The van der Waals surface area contributed by atoms with Gasteiger partial charge in [0, 0.05) is 26.2 Å². The van der Waals surface area contributed by atoms with E-state index in [-0.39, 0.29) is 5.82 Å².